The fraction of sp³-hybridized carbons (Fsp3) is 0. The molecule has 1 aromatic heterocycles. The third kappa shape index (κ3) is 2.39. The van der Waals surface area contributed by atoms with Gasteiger partial charge in [0.05, 0.1) is 11.2 Å². The number of nitrogens with two attached hydrogens (primary N) is 1. The second-order valence-corrected chi connectivity index (χ2v) is 3.90. The van der Waals surface area contributed by atoms with E-state index in [0.29, 0.717) is 6.07 Å². The van der Waals surface area contributed by atoms with Crippen LogP contribution in [0.15, 0.2) is 23.0 Å². The van der Waals surface area contributed by atoms with E-state index >= 15 is 0 Å². The quantitative estimate of drug-likeness (QED) is 0.809. The number of hydrogen-bond donors (Lipinski definition) is 2. The minimum Gasteiger partial charge on any atom is -0.397 e. The standard InChI is InChI=1S/C10H7F2N3OS/c11-5-1-6(12)9(7(13)2-5)15-10(16)8-3-17-4-14-8/h1-4H,13H2,(H,15,16). The van der Waals surface area contributed by atoms with Gasteiger partial charge in [-0.1, -0.05) is 0 Å². The lowest BCUT2D eigenvalue weighted by Gasteiger charge is -2.08. The maximum absolute atomic E-state index is 13.4. The van der Waals surface area contributed by atoms with Crippen LogP contribution in [0, 0.1) is 11.6 Å². The molecule has 0 atom stereocenters. The van der Waals surface area contributed by atoms with Crippen molar-refractivity contribution in [2.24, 2.45) is 0 Å². The summed E-state index contributed by atoms with van der Waals surface area (Å²) in [5.41, 5.74) is 6.61. The fourth-order valence-electron chi connectivity index (χ4n) is 1.23. The molecule has 0 bridgehead atoms. The highest BCUT2D eigenvalue weighted by Gasteiger charge is 2.14. The van der Waals surface area contributed by atoms with Gasteiger partial charge in [-0.2, -0.15) is 0 Å². The summed E-state index contributed by atoms with van der Waals surface area (Å²) in [5.74, 6) is -2.32. The van der Waals surface area contributed by atoms with Crippen LogP contribution in [0.25, 0.3) is 0 Å². The van der Waals surface area contributed by atoms with Crippen molar-refractivity contribution in [2.75, 3.05) is 11.1 Å². The zero-order valence-electron chi connectivity index (χ0n) is 8.41. The average molecular weight is 255 g/mol. The summed E-state index contributed by atoms with van der Waals surface area (Å²) in [6.07, 6.45) is 0. The zero-order chi connectivity index (χ0) is 12.4. The van der Waals surface area contributed by atoms with Gasteiger partial charge in [-0.25, -0.2) is 13.8 Å². The molecule has 17 heavy (non-hydrogen) atoms. The summed E-state index contributed by atoms with van der Waals surface area (Å²) < 4.78 is 26.1. The predicted molar refractivity (Wildman–Crippen MR) is 60.8 cm³/mol. The van der Waals surface area contributed by atoms with Gasteiger partial charge in [0.15, 0.2) is 5.82 Å². The number of thiazole rings is 1. The summed E-state index contributed by atoms with van der Waals surface area (Å²) in [7, 11) is 0. The van der Waals surface area contributed by atoms with E-state index in [-0.39, 0.29) is 17.1 Å². The van der Waals surface area contributed by atoms with Crippen LogP contribution >= 0.6 is 11.3 Å². The molecule has 1 heterocycles. The Kier molecular flexibility index (Phi) is 3.01. The Balaban J connectivity index is 2.28. The van der Waals surface area contributed by atoms with Crippen molar-refractivity contribution >= 4 is 28.6 Å². The molecular formula is C10H7F2N3OS. The van der Waals surface area contributed by atoms with Crippen molar-refractivity contribution in [3.63, 3.8) is 0 Å². The van der Waals surface area contributed by atoms with E-state index in [1.807, 2.05) is 0 Å². The van der Waals surface area contributed by atoms with Crippen LogP contribution in [0.3, 0.4) is 0 Å². The number of benzene rings is 1. The lowest BCUT2D eigenvalue weighted by atomic mass is 10.2. The number of nitrogens with zero attached hydrogens (tertiary/aromatic N) is 1. The first kappa shape index (κ1) is 11.5. The van der Waals surface area contributed by atoms with Crippen LogP contribution in [-0.4, -0.2) is 10.9 Å². The minimum absolute atomic E-state index is 0.151. The molecule has 1 aromatic carbocycles. The number of nitrogens with one attached hydrogen (secondary N) is 1. The molecule has 0 aliphatic carbocycles. The summed E-state index contributed by atoms with van der Waals surface area (Å²) in [6.45, 7) is 0. The number of carbonyl (C=O) groups excluding carboxylic acids is 1. The zero-order valence-corrected chi connectivity index (χ0v) is 9.22. The molecule has 0 unspecified atom stereocenters. The third-order valence-corrected chi connectivity index (χ3v) is 2.58. The molecule has 2 rings (SSSR count). The molecule has 7 heteroatoms. The van der Waals surface area contributed by atoms with E-state index in [1.165, 1.54) is 22.2 Å². The highest BCUT2D eigenvalue weighted by Crippen LogP contribution is 2.24. The molecule has 1 amide bonds. The number of aromatic nitrogens is 1. The van der Waals surface area contributed by atoms with E-state index in [4.69, 9.17) is 5.73 Å². The molecule has 0 aliphatic rings. The Labute approximate surface area is 99.1 Å². The van der Waals surface area contributed by atoms with Crippen LogP contribution in [0.5, 0.6) is 0 Å². The van der Waals surface area contributed by atoms with Crippen LogP contribution < -0.4 is 11.1 Å². The molecule has 0 saturated carbocycles. The molecule has 0 spiro atoms. The molecular weight excluding hydrogens is 248 g/mol. The lowest BCUT2D eigenvalue weighted by Crippen LogP contribution is -2.15. The van der Waals surface area contributed by atoms with Gasteiger partial charge in [0.2, 0.25) is 0 Å². The van der Waals surface area contributed by atoms with Gasteiger partial charge in [-0.15, -0.1) is 11.3 Å². The number of amides is 1. The predicted octanol–water partition coefficient (Wildman–Crippen LogP) is 2.26. The maximum Gasteiger partial charge on any atom is 0.275 e. The first-order chi connectivity index (χ1) is 8.08. The van der Waals surface area contributed by atoms with Gasteiger partial charge >= 0.3 is 0 Å². The van der Waals surface area contributed by atoms with Crippen molar-refractivity contribution < 1.29 is 13.6 Å². The van der Waals surface area contributed by atoms with E-state index in [9.17, 15) is 13.6 Å². The van der Waals surface area contributed by atoms with Gasteiger partial charge < -0.3 is 11.1 Å². The van der Waals surface area contributed by atoms with Crippen molar-refractivity contribution in [1.82, 2.24) is 4.98 Å². The van der Waals surface area contributed by atoms with Gasteiger partial charge in [0, 0.05) is 11.4 Å². The summed E-state index contributed by atoms with van der Waals surface area (Å²) >= 11 is 1.23. The van der Waals surface area contributed by atoms with Crippen LogP contribution in [-0.2, 0) is 0 Å². The van der Waals surface area contributed by atoms with E-state index < -0.39 is 17.5 Å². The molecule has 0 radical (unpaired) electrons. The Morgan fingerprint density at radius 3 is 2.76 bits per heavy atom. The third-order valence-electron chi connectivity index (χ3n) is 1.99. The first-order valence-corrected chi connectivity index (χ1v) is 5.46. The van der Waals surface area contributed by atoms with E-state index in [0.717, 1.165) is 6.07 Å². The van der Waals surface area contributed by atoms with Crippen LogP contribution in [0.4, 0.5) is 20.2 Å². The molecule has 0 saturated heterocycles. The Bertz CT molecular complexity index is 534. The van der Waals surface area contributed by atoms with Crippen molar-refractivity contribution in [2.45, 2.75) is 0 Å². The summed E-state index contributed by atoms with van der Waals surface area (Å²) in [4.78, 5) is 15.3. The van der Waals surface area contributed by atoms with Crippen molar-refractivity contribution in [3.05, 3.63) is 40.4 Å². The normalized spacial score (nSPS) is 10.2. The summed E-state index contributed by atoms with van der Waals surface area (Å²) in [6, 6.07) is 1.58. The second-order valence-electron chi connectivity index (χ2n) is 3.18. The lowest BCUT2D eigenvalue weighted by molar-refractivity contribution is 0.102. The minimum atomic E-state index is -0.925. The molecule has 2 aromatic rings. The fourth-order valence-corrected chi connectivity index (χ4v) is 1.76. The van der Waals surface area contributed by atoms with Crippen molar-refractivity contribution in [1.29, 1.82) is 0 Å². The van der Waals surface area contributed by atoms with Crippen LogP contribution in [0.2, 0.25) is 0 Å². The van der Waals surface area contributed by atoms with Crippen molar-refractivity contribution in [3.8, 4) is 0 Å². The maximum atomic E-state index is 13.4. The van der Waals surface area contributed by atoms with Crippen LogP contribution in [0.1, 0.15) is 10.5 Å². The largest absolute Gasteiger partial charge is 0.397 e. The highest BCUT2D eigenvalue weighted by atomic mass is 32.1. The molecule has 0 aliphatic heterocycles. The molecule has 3 N–H and O–H groups in total. The molecule has 0 fully saturated rings. The Morgan fingerprint density at radius 2 is 2.18 bits per heavy atom. The van der Waals surface area contributed by atoms with Gasteiger partial charge in [-0.05, 0) is 6.07 Å². The monoisotopic (exact) mass is 255 g/mol. The number of nitrogen functional groups attached to an aromatic ring is 1. The Hall–Kier alpha value is -2.02. The van der Waals surface area contributed by atoms with Gasteiger partial charge in [0.1, 0.15) is 17.2 Å². The summed E-state index contributed by atoms with van der Waals surface area (Å²) in [5, 5.41) is 3.75. The van der Waals surface area contributed by atoms with Gasteiger partial charge in [0.25, 0.3) is 5.91 Å². The number of rotatable bonds is 2. The molecule has 88 valence electrons. The van der Waals surface area contributed by atoms with Gasteiger partial charge in [-0.3, -0.25) is 4.79 Å². The average Bonchev–Trinajstić information content (AvgIpc) is 2.76. The highest BCUT2D eigenvalue weighted by molar-refractivity contribution is 7.07. The topological polar surface area (TPSA) is 68.0 Å². The second kappa shape index (κ2) is 4.46. The SMILES string of the molecule is Nc1cc(F)cc(F)c1NC(=O)c1cscn1. The number of carbonyl (C=O) groups is 1. The van der Waals surface area contributed by atoms with E-state index in [2.05, 4.69) is 10.3 Å². The smallest absolute Gasteiger partial charge is 0.275 e. The number of halogens is 2. The van der Waals surface area contributed by atoms with E-state index in [1.54, 1.807) is 0 Å². The Morgan fingerprint density at radius 1 is 1.41 bits per heavy atom. The molecule has 4 nitrogen and oxygen atoms in total. The number of hydrogen-bond acceptors (Lipinski definition) is 4. The first-order valence-electron chi connectivity index (χ1n) is 4.52. The number of anilines is 2.